The smallest absolute Gasteiger partial charge is 0.322 e. The minimum Gasteiger partial charge on any atom is -0.348 e. The van der Waals surface area contributed by atoms with Gasteiger partial charge in [-0.3, -0.25) is 20.0 Å². The fourth-order valence-electron chi connectivity index (χ4n) is 1.57. The summed E-state index contributed by atoms with van der Waals surface area (Å²) in [7, 11) is 0. The van der Waals surface area contributed by atoms with E-state index in [1.165, 1.54) is 6.92 Å². The fraction of sp³-hybridized carbons (Fsp3) is 0.636. The molecule has 7 nitrogen and oxygen atoms in total. The summed E-state index contributed by atoms with van der Waals surface area (Å²) in [4.78, 5) is 22.2. The Labute approximate surface area is 115 Å². The first kappa shape index (κ1) is 15.5. The van der Waals surface area contributed by atoms with Crippen LogP contribution >= 0.6 is 11.8 Å². The molecule has 0 fully saturated rings. The molecule has 1 rings (SSSR count). The van der Waals surface area contributed by atoms with Gasteiger partial charge in [-0.1, -0.05) is 6.92 Å². The van der Waals surface area contributed by atoms with Gasteiger partial charge in [-0.05, 0) is 31.8 Å². The van der Waals surface area contributed by atoms with E-state index >= 15 is 0 Å². The lowest BCUT2D eigenvalue weighted by molar-refractivity contribution is -0.385. The van der Waals surface area contributed by atoms with Crippen molar-refractivity contribution in [3.63, 3.8) is 0 Å². The summed E-state index contributed by atoms with van der Waals surface area (Å²) < 4.78 is 0. The fourth-order valence-corrected chi connectivity index (χ4v) is 2.38. The van der Waals surface area contributed by atoms with E-state index in [0.29, 0.717) is 0 Å². The van der Waals surface area contributed by atoms with Crippen LogP contribution in [0.25, 0.3) is 0 Å². The Balaban J connectivity index is 2.66. The lowest BCUT2D eigenvalue weighted by Crippen LogP contribution is -2.33. The highest BCUT2D eigenvalue weighted by Gasteiger charge is 2.27. The molecule has 2 N–H and O–H groups in total. The summed E-state index contributed by atoms with van der Waals surface area (Å²) in [6, 6.07) is -0.0387. The molecule has 0 aliphatic heterocycles. The number of rotatable bonds is 7. The van der Waals surface area contributed by atoms with Crippen molar-refractivity contribution in [3.8, 4) is 0 Å². The third-order valence-corrected chi connectivity index (χ3v) is 3.52. The summed E-state index contributed by atoms with van der Waals surface area (Å²) in [5.41, 5.74) is -0.130. The second-order valence-electron chi connectivity index (χ2n) is 4.16. The van der Waals surface area contributed by atoms with Gasteiger partial charge in [0.1, 0.15) is 5.69 Å². The third-order valence-electron chi connectivity index (χ3n) is 2.59. The van der Waals surface area contributed by atoms with Crippen LogP contribution in [0.15, 0.2) is 0 Å². The molecule has 0 aliphatic carbocycles. The monoisotopic (exact) mass is 286 g/mol. The number of carbonyl (C=O) groups is 1. The lowest BCUT2D eigenvalue weighted by Gasteiger charge is -2.12. The van der Waals surface area contributed by atoms with Gasteiger partial charge >= 0.3 is 5.69 Å². The molecule has 1 heterocycles. The molecule has 1 unspecified atom stereocenters. The van der Waals surface area contributed by atoms with Crippen LogP contribution in [0, 0.1) is 17.0 Å². The number of aromatic amines is 1. The number of H-pyrrole nitrogens is 1. The molecular weight excluding hydrogens is 268 g/mol. The predicted octanol–water partition coefficient (Wildman–Crippen LogP) is 1.89. The van der Waals surface area contributed by atoms with E-state index in [1.54, 1.807) is 11.8 Å². The van der Waals surface area contributed by atoms with Crippen molar-refractivity contribution in [2.45, 2.75) is 33.2 Å². The maximum atomic E-state index is 11.9. The van der Waals surface area contributed by atoms with Crippen LogP contribution in [0.5, 0.6) is 0 Å². The molecule has 1 aromatic heterocycles. The first-order chi connectivity index (χ1) is 8.97. The normalized spacial score (nSPS) is 12.2. The number of aryl methyl sites for hydroxylation is 1. The van der Waals surface area contributed by atoms with Crippen molar-refractivity contribution < 1.29 is 9.72 Å². The SMILES string of the molecule is CCSCCC(C)NC(=O)c1n[nH]c(C)c1[N+](=O)[O-]. The Kier molecular flexibility index (Phi) is 5.81. The molecule has 0 aromatic carbocycles. The van der Waals surface area contributed by atoms with Gasteiger partial charge in [0, 0.05) is 6.04 Å². The highest BCUT2D eigenvalue weighted by atomic mass is 32.2. The van der Waals surface area contributed by atoms with Crippen LogP contribution in [0.1, 0.15) is 36.5 Å². The maximum Gasteiger partial charge on any atom is 0.322 e. The van der Waals surface area contributed by atoms with Crippen LogP contribution in [-0.4, -0.2) is 38.6 Å². The van der Waals surface area contributed by atoms with E-state index < -0.39 is 10.8 Å². The Bertz CT molecular complexity index is 461. The standard InChI is InChI=1S/C11H18N4O3S/c1-4-19-6-5-7(2)12-11(16)9-10(15(17)18)8(3)13-14-9/h7H,4-6H2,1-3H3,(H,12,16)(H,13,14). The molecule has 0 spiro atoms. The summed E-state index contributed by atoms with van der Waals surface area (Å²) in [5, 5.41) is 19.8. The molecule has 0 bridgehead atoms. The van der Waals surface area contributed by atoms with Crippen molar-refractivity contribution >= 4 is 23.4 Å². The van der Waals surface area contributed by atoms with E-state index in [4.69, 9.17) is 0 Å². The largest absolute Gasteiger partial charge is 0.348 e. The van der Waals surface area contributed by atoms with Crippen LogP contribution in [0.3, 0.4) is 0 Å². The van der Waals surface area contributed by atoms with Crippen molar-refractivity contribution in [2.24, 2.45) is 0 Å². The van der Waals surface area contributed by atoms with Crippen molar-refractivity contribution in [2.75, 3.05) is 11.5 Å². The van der Waals surface area contributed by atoms with E-state index in [-0.39, 0.29) is 23.1 Å². The number of nitrogens with zero attached hydrogens (tertiary/aromatic N) is 2. The van der Waals surface area contributed by atoms with E-state index in [2.05, 4.69) is 22.4 Å². The van der Waals surface area contributed by atoms with Gasteiger partial charge in [0.15, 0.2) is 0 Å². The van der Waals surface area contributed by atoms with Crippen molar-refractivity contribution in [1.29, 1.82) is 0 Å². The highest BCUT2D eigenvalue weighted by Crippen LogP contribution is 2.20. The summed E-state index contributed by atoms with van der Waals surface area (Å²) >= 11 is 1.79. The lowest BCUT2D eigenvalue weighted by atomic mass is 10.2. The topological polar surface area (TPSA) is 101 Å². The Morgan fingerprint density at radius 3 is 2.89 bits per heavy atom. The molecule has 1 aromatic rings. The van der Waals surface area contributed by atoms with E-state index in [9.17, 15) is 14.9 Å². The van der Waals surface area contributed by atoms with Crippen LogP contribution in [-0.2, 0) is 0 Å². The van der Waals surface area contributed by atoms with Crippen molar-refractivity contribution in [3.05, 3.63) is 21.5 Å². The number of carbonyl (C=O) groups excluding carboxylic acids is 1. The average Bonchev–Trinajstić information content (AvgIpc) is 2.71. The van der Waals surface area contributed by atoms with Gasteiger partial charge in [-0.15, -0.1) is 0 Å². The molecule has 19 heavy (non-hydrogen) atoms. The summed E-state index contributed by atoms with van der Waals surface area (Å²) in [6.07, 6.45) is 0.821. The molecular formula is C11H18N4O3S. The van der Waals surface area contributed by atoms with Crippen LogP contribution in [0.2, 0.25) is 0 Å². The van der Waals surface area contributed by atoms with Gasteiger partial charge in [0.2, 0.25) is 5.69 Å². The zero-order chi connectivity index (χ0) is 14.4. The zero-order valence-electron chi connectivity index (χ0n) is 11.2. The number of hydrogen-bond donors (Lipinski definition) is 2. The first-order valence-corrected chi connectivity index (χ1v) is 7.20. The molecule has 8 heteroatoms. The molecule has 1 atom stereocenters. The Morgan fingerprint density at radius 1 is 1.63 bits per heavy atom. The second-order valence-corrected chi connectivity index (χ2v) is 5.56. The number of thioether (sulfide) groups is 1. The third kappa shape index (κ3) is 4.23. The van der Waals surface area contributed by atoms with Gasteiger partial charge in [0.25, 0.3) is 5.91 Å². The minimum absolute atomic E-state index is 0.0387. The average molecular weight is 286 g/mol. The van der Waals surface area contributed by atoms with E-state index in [0.717, 1.165) is 17.9 Å². The van der Waals surface area contributed by atoms with Gasteiger partial charge in [0.05, 0.1) is 4.92 Å². The number of nitrogens with one attached hydrogen (secondary N) is 2. The predicted molar refractivity (Wildman–Crippen MR) is 74.5 cm³/mol. The summed E-state index contributed by atoms with van der Waals surface area (Å²) in [6.45, 7) is 5.46. The molecule has 0 saturated carbocycles. The van der Waals surface area contributed by atoms with Crippen LogP contribution in [0.4, 0.5) is 5.69 Å². The number of aromatic nitrogens is 2. The number of hydrogen-bond acceptors (Lipinski definition) is 5. The maximum absolute atomic E-state index is 11.9. The Hall–Kier alpha value is -1.57. The molecule has 106 valence electrons. The molecule has 0 aliphatic rings. The minimum atomic E-state index is -0.592. The molecule has 1 amide bonds. The number of amides is 1. The van der Waals surface area contributed by atoms with E-state index in [1.807, 2.05) is 6.92 Å². The summed E-state index contributed by atoms with van der Waals surface area (Å²) in [5.74, 6) is 1.47. The zero-order valence-corrected chi connectivity index (χ0v) is 12.0. The van der Waals surface area contributed by atoms with Crippen LogP contribution < -0.4 is 5.32 Å². The van der Waals surface area contributed by atoms with Gasteiger partial charge in [-0.25, -0.2) is 0 Å². The van der Waals surface area contributed by atoms with Gasteiger partial charge < -0.3 is 5.32 Å². The van der Waals surface area contributed by atoms with Crippen molar-refractivity contribution in [1.82, 2.24) is 15.5 Å². The first-order valence-electron chi connectivity index (χ1n) is 6.05. The Morgan fingerprint density at radius 2 is 2.32 bits per heavy atom. The molecule has 0 radical (unpaired) electrons. The second kappa shape index (κ2) is 7.13. The quantitative estimate of drug-likeness (QED) is 0.453. The highest BCUT2D eigenvalue weighted by molar-refractivity contribution is 7.99. The molecule has 0 saturated heterocycles. The number of nitro groups is 1. The van der Waals surface area contributed by atoms with Gasteiger partial charge in [-0.2, -0.15) is 16.9 Å².